The van der Waals surface area contributed by atoms with Crippen LogP contribution in [0.25, 0.3) is 0 Å². The van der Waals surface area contributed by atoms with E-state index in [4.69, 9.17) is 9.47 Å². The molecule has 1 aliphatic rings. The summed E-state index contributed by atoms with van der Waals surface area (Å²) in [4.78, 5) is 12.8. The first-order valence-corrected chi connectivity index (χ1v) is 11.7. The highest BCUT2D eigenvalue weighted by atomic mass is 32.2. The average Bonchev–Trinajstić information content (AvgIpc) is 2.79. The standard InChI is InChI=1S/C24H24N2O5S/c1-16-3-10-21(11-4-16)32(28,29)26-20-8-5-18(6-9-20)24(27)25-17(2)19-7-12-22-23(15-19)31-14-13-30-22/h3-12,15,17,26H,13-14H2,1-2H3,(H,25,27)/t17-/m1/s1. The van der Waals surface area contributed by atoms with E-state index in [1.807, 2.05) is 32.0 Å². The molecule has 0 bridgehead atoms. The summed E-state index contributed by atoms with van der Waals surface area (Å²) in [7, 11) is -3.70. The fourth-order valence-electron chi connectivity index (χ4n) is 3.31. The van der Waals surface area contributed by atoms with Crippen LogP contribution in [0.15, 0.2) is 71.6 Å². The SMILES string of the molecule is Cc1ccc(S(=O)(=O)Nc2ccc(C(=O)N[C@H](C)c3ccc4c(c3)OCCO4)cc2)cc1. The van der Waals surface area contributed by atoms with Gasteiger partial charge in [0.05, 0.1) is 10.9 Å². The summed E-state index contributed by atoms with van der Waals surface area (Å²) in [5, 5.41) is 2.94. The number of sulfonamides is 1. The lowest BCUT2D eigenvalue weighted by Crippen LogP contribution is -2.26. The predicted molar refractivity (Wildman–Crippen MR) is 122 cm³/mol. The molecule has 0 unspecified atom stereocenters. The van der Waals surface area contributed by atoms with E-state index < -0.39 is 10.0 Å². The van der Waals surface area contributed by atoms with Crippen molar-refractivity contribution < 1.29 is 22.7 Å². The number of amides is 1. The Bertz CT molecular complexity index is 1220. The molecule has 7 nitrogen and oxygen atoms in total. The van der Waals surface area contributed by atoms with E-state index in [0.717, 1.165) is 11.1 Å². The Hall–Kier alpha value is -3.52. The Balaban J connectivity index is 1.41. The van der Waals surface area contributed by atoms with Gasteiger partial charge in [-0.1, -0.05) is 23.8 Å². The smallest absolute Gasteiger partial charge is 0.261 e. The number of carbonyl (C=O) groups is 1. The first kappa shape index (κ1) is 21.7. The summed E-state index contributed by atoms with van der Waals surface area (Å²) in [6, 6.07) is 18.2. The van der Waals surface area contributed by atoms with Crippen molar-refractivity contribution >= 4 is 21.6 Å². The summed E-state index contributed by atoms with van der Waals surface area (Å²) in [6.07, 6.45) is 0. The van der Waals surface area contributed by atoms with Crippen LogP contribution in [-0.4, -0.2) is 27.5 Å². The predicted octanol–water partition coefficient (Wildman–Crippen LogP) is 4.06. The number of hydrogen-bond acceptors (Lipinski definition) is 5. The van der Waals surface area contributed by atoms with Crippen molar-refractivity contribution in [3.05, 3.63) is 83.4 Å². The van der Waals surface area contributed by atoms with E-state index in [1.165, 1.54) is 0 Å². The molecule has 0 spiro atoms. The Kier molecular flexibility index (Phi) is 6.05. The van der Waals surface area contributed by atoms with Gasteiger partial charge in [0.2, 0.25) is 0 Å². The number of carbonyl (C=O) groups excluding carboxylic acids is 1. The van der Waals surface area contributed by atoms with E-state index in [1.54, 1.807) is 48.5 Å². The Morgan fingerprint density at radius 2 is 1.56 bits per heavy atom. The summed E-state index contributed by atoms with van der Waals surface area (Å²) < 4.78 is 38.7. The number of nitrogens with one attached hydrogen (secondary N) is 2. The van der Waals surface area contributed by atoms with Gasteiger partial charge in [-0.15, -0.1) is 0 Å². The molecule has 0 radical (unpaired) electrons. The second-order valence-corrected chi connectivity index (χ2v) is 9.28. The van der Waals surface area contributed by atoms with Crippen molar-refractivity contribution in [3.63, 3.8) is 0 Å². The third kappa shape index (κ3) is 4.86. The minimum absolute atomic E-state index is 0.179. The van der Waals surface area contributed by atoms with Crippen LogP contribution in [0.2, 0.25) is 0 Å². The number of ether oxygens (including phenoxy) is 2. The minimum Gasteiger partial charge on any atom is -0.486 e. The molecule has 0 fully saturated rings. The van der Waals surface area contributed by atoms with Gasteiger partial charge in [-0.05, 0) is 67.9 Å². The van der Waals surface area contributed by atoms with E-state index >= 15 is 0 Å². The number of anilines is 1. The number of rotatable bonds is 6. The molecule has 3 aromatic carbocycles. The second kappa shape index (κ2) is 8.92. The molecule has 3 aromatic rings. The van der Waals surface area contributed by atoms with Gasteiger partial charge in [0.15, 0.2) is 11.5 Å². The third-order valence-corrected chi connectivity index (χ3v) is 6.54. The second-order valence-electron chi connectivity index (χ2n) is 7.59. The van der Waals surface area contributed by atoms with Crippen molar-refractivity contribution in [1.82, 2.24) is 5.32 Å². The van der Waals surface area contributed by atoms with E-state index in [2.05, 4.69) is 10.0 Å². The molecule has 8 heteroatoms. The van der Waals surface area contributed by atoms with Crippen LogP contribution in [0.4, 0.5) is 5.69 Å². The highest BCUT2D eigenvalue weighted by molar-refractivity contribution is 7.92. The van der Waals surface area contributed by atoms with E-state index in [-0.39, 0.29) is 16.8 Å². The number of fused-ring (bicyclic) bond motifs is 1. The minimum atomic E-state index is -3.70. The van der Waals surface area contributed by atoms with E-state index in [0.29, 0.717) is 36.0 Å². The lowest BCUT2D eigenvalue weighted by molar-refractivity contribution is 0.0939. The summed E-state index contributed by atoms with van der Waals surface area (Å²) in [5.74, 6) is 1.10. The lowest BCUT2D eigenvalue weighted by atomic mass is 10.1. The molecule has 1 aliphatic heterocycles. The molecule has 166 valence electrons. The van der Waals surface area contributed by atoms with Crippen molar-refractivity contribution in [2.45, 2.75) is 24.8 Å². The average molecular weight is 453 g/mol. The third-order valence-electron chi connectivity index (χ3n) is 5.14. The van der Waals surface area contributed by atoms with Gasteiger partial charge in [-0.2, -0.15) is 0 Å². The molecular weight excluding hydrogens is 428 g/mol. The van der Waals surface area contributed by atoms with Crippen molar-refractivity contribution in [2.24, 2.45) is 0 Å². The van der Waals surface area contributed by atoms with Gasteiger partial charge in [-0.3, -0.25) is 9.52 Å². The first-order chi connectivity index (χ1) is 15.3. The van der Waals surface area contributed by atoms with Gasteiger partial charge in [0.25, 0.3) is 15.9 Å². The van der Waals surface area contributed by atoms with Crippen LogP contribution in [0.3, 0.4) is 0 Å². The molecule has 1 amide bonds. The fourth-order valence-corrected chi connectivity index (χ4v) is 4.37. The normalized spacial score (nSPS) is 13.8. The van der Waals surface area contributed by atoms with Crippen LogP contribution in [0.1, 0.15) is 34.5 Å². The highest BCUT2D eigenvalue weighted by Gasteiger charge is 2.17. The molecule has 2 N–H and O–H groups in total. The topological polar surface area (TPSA) is 93.7 Å². The number of aryl methyl sites for hydroxylation is 1. The van der Waals surface area contributed by atoms with Crippen LogP contribution in [0, 0.1) is 6.92 Å². The van der Waals surface area contributed by atoms with Crippen molar-refractivity contribution in [1.29, 1.82) is 0 Å². The number of benzene rings is 3. The molecule has 4 rings (SSSR count). The van der Waals surface area contributed by atoms with Crippen LogP contribution < -0.4 is 19.5 Å². The maximum Gasteiger partial charge on any atom is 0.261 e. The molecule has 0 saturated heterocycles. The van der Waals surface area contributed by atoms with E-state index in [9.17, 15) is 13.2 Å². The van der Waals surface area contributed by atoms with Gasteiger partial charge >= 0.3 is 0 Å². The monoisotopic (exact) mass is 452 g/mol. The van der Waals surface area contributed by atoms with Gasteiger partial charge in [0, 0.05) is 11.3 Å². The first-order valence-electron chi connectivity index (χ1n) is 10.2. The van der Waals surface area contributed by atoms with Crippen molar-refractivity contribution in [3.8, 4) is 11.5 Å². The van der Waals surface area contributed by atoms with Gasteiger partial charge < -0.3 is 14.8 Å². The zero-order valence-electron chi connectivity index (χ0n) is 17.8. The maximum absolute atomic E-state index is 12.7. The number of hydrogen-bond donors (Lipinski definition) is 2. The Labute approximate surface area is 187 Å². The van der Waals surface area contributed by atoms with Crippen LogP contribution in [0.5, 0.6) is 11.5 Å². The van der Waals surface area contributed by atoms with Gasteiger partial charge in [0.1, 0.15) is 13.2 Å². The zero-order valence-corrected chi connectivity index (χ0v) is 18.6. The molecule has 0 saturated carbocycles. The molecule has 1 heterocycles. The molecular formula is C24H24N2O5S. The van der Waals surface area contributed by atoms with Crippen LogP contribution >= 0.6 is 0 Å². The summed E-state index contributed by atoms with van der Waals surface area (Å²) in [6.45, 7) is 4.79. The molecule has 0 aliphatic carbocycles. The van der Waals surface area contributed by atoms with Crippen molar-refractivity contribution in [2.75, 3.05) is 17.9 Å². The Morgan fingerprint density at radius 1 is 0.906 bits per heavy atom. The quantitative estimate of drug-likeness (QED) is 0.588. The largest absolute Gasteiger partial charge is 0.486 e. The molecule has 32 heavy (non-hydrogen) atoms. The van der Waals surface area contributed by atoms with Crippen LogP contribution in [-0.2, 0) is 10.0 Å². The highest BCUT2D eigenvalue weighted by Crippen LogP contribution is 2.32. The Morgan fingerprint density at radius 3 is 2.25 bits per heavy atom. The summed E-state index contributed by atoms with van der Waals surface area (Å²) >= 11 is 0. The maximum atomic E-state index is 12.7. The molecule has 1 atom stereocenters. The zero-order chi connectivity index (χ0) is 22.7. The lowest BCUT2D eigenvalue weighted by Gasteiger charge is -2.21. The van der Waals surface area contributed by atoms with Gasteiger partial charge in [-0.25, -0.2) is 8.42 Å². The molecule has 0 aromatic heterocycles. The summed E-state index contributed by atoms with van der Waals surface area (Å²) in [5.41, 5.74) is 2.67. The fraction of sp³-hybridized carbons (Fsp3) is 0.208.